The maximum atomic E-state index is 11.5. The molecule has 72 valence electrons. The van der Waals surface area contributed by atoms with Crippen molar-refractivity contribution >= 4 is 5.78 Å². The molecule has 2 N–H and O–H groups in total. The van der Waals surface area contributed by atoms with Crippen LogP contribution in [-0.2, 0) is 18.3 Å². The van der Waals surface area contributed by atoms with Crippen LogP contribution in [0, 0.1) is 0 Å². The summed E-state index contributed by atoms with van der Waals surface area (Å²) in [5, 5.41) is 4.10. The van der Waals surface area contributed by atoms with Gasteiger partial charge in [0.25, 0.3) is 0 Å². The average molecular weight is 181 g/mol. The fourth-order valence-corrected chi connectivity index (χ4v) is 0.950. The van der Waals surface area contributed by atoms with Crippen LogP contribution in [0.2, 0.25) is 0 Å². The van der Waals surface area contributed by atoms with Crippen LogP contribution in [-0.4, -0.2) is 21.1 Å². The molecule has 0 aliphatic rings. The number of rotatable bonds is 3. The van der Waals surface area contributed by atoms with Crippen LogP contribution in [0.1, 0.15) is 19.5 Å². The summed E-state index contributed by atoms with van der Waals surface area (Å²) in [5.74, 6) is 0.00574. The summed E-state index contributed by atoms with van der Waals surface area (Å²) in [6, 6.07) is 1.82. The quantitative estimate of drug-likeness (QED) is 0.728. The predicted octanol–water partition coefficient (Wildman–Crippen LogP) is 0.269. The molecule has 0 radical (unpaired) electrons. The van der Waals surface area contributed by atoms with Crippen molar-refractivity contribution in [3.05, 3.63) is 18.0 Å². The van der Waals surface area contributed by atoms with Gasteiger partial charge in [0.1, 0.15) is 0 Å². The highest BCUT2D eigenvalue weighted by molar-refractivity contribution is 5.88. The van der Waals surface area contributed by atoms with Gasteiger partial charge in [-0.15, -0.1) is 0 Å². The lowest BCUT2D eigenvalue weighted by molar-refractivity contribution is -0.122. The SMILES string of the molecule is Cn1ccc(CC(=O)C(C)(C)N)n1. The second-order valence-electron chi connectivity index (χ2n) is 3.80. The first kappa shape index (κ1) is 9.92. The first-order valence-electron chi connectivity index (χ1n) is 4.20. The molecule has 1 aromatic heterocycles. The Morgan fingerprint density at radius 2 is 2.31 bits per heavy atom. The summed E-state index contributed by atoms with van der Waals surface area (Å²) in [5.41, 5.74) is 5.65. The Kier molecular flexibility index (Phi) is 2.52. The zero-order valence-corrected chi connectivity index (χ0v) is 8.24. The second kappa shape index (κ2) is 3.30. The van der Waals surface area contributed by atoms with E-state index in [0.29, 0.717) is 6.42 Å². The highest BCUT2D eigenvalue weighted by Crippen LogP contribution is 2.04. The van der Waals surface area contributed by atoms with E-state index in [-0.39, 0.29) is 5.78 Å². The van der Waals surface area contributed by atoms with E-state index in [0.717, 1.165) is 5.69 Å². The fourth-order valence-electron chi connectivity index (χ4n) is 0.950. The molecule has 0 aromatic carbocycles. The zero-order chi connectivity index (χ0) is 10.1. The van der Waals surface area contributed by atoms with Crippen LogP contribution in [0.4, 0.5) is 0 Å². The van der Waals surface area contributed by atoms with Crippen molar-refractivity contribution in [2.24, 2.45) is 12.8 Å². The number of nitrogens with zero attached hydrogens (tertiary/aromatic N) is 2. The number of hydrogen-bond acceptors (Lipinski definition) is 3. The Labute approximate surface area is 77.7 Å². The molecule has 4 nitrogen and oxygen atoms in total. The minimum Gasteiger partial charge on any atom is -0.319 e. The van der Waals surface area contributed by atoms with Crippen LogP contribution in [0.15, 0.2) is 12.3 Å². The first-order chi connectivity index (χ1) is 5.89. The summed E-state index contributed by atoms with van der Waals surface area (Å²) in [7, 11) is 1.82. The highest BCUT2D eigenvalue weighted by atomic mass is 16.1. The number of carbonyl (C=O) groups excluding carboxylic acids is 1. The van der Waals surface area contributed by atoms with Crippen LogP contribution in [0.5, 0.6) is 0 Å². The van der Waals surface area contributed by atoms with Crippen molar-refractivity contribution in [1.29, 1.82) is 0 Å². The molecular formula is C9H15N3O. The number of aromatic nitrogens is 2. The van der Waals surface area contributed by atoms with Gasteiger partial charge in [-0.1, -0.05) is 0 Å². The van der Waals surface area contributed by atoms with E-state index >= 15 is 0 Å². The summed E-state index contributed by atoms with van der Waals surface area (Å²) >= 11 is 0. The standard InChI is InChI=1S/C9H15N3O/c1-9(2,10)8(13)6-7-4-5-12(3)11-7/h4-5H,6,10H2,1-3H3. The van der Waals surface area contributed by atoms with Crippen LogP contribution >= 0.6 is 0 Å². The van der Waals surface area contributed by atoms with E-state index in [1.165, 1.54) is 0 Å². The molecule has 0 fully saturated rings. The smallest absolute Gasteiger partial charge is 0.158 e. The van der Waals surface area contributed by atoms with E-state index < -0.39 is 5.54 Å². The third kappa shape index (κ3) is 2.66. The number of nitrogens with two attached hydrogens (primary N) is 1. The highest BCUT2D eigenvalue weighted by Gasteiger charge is 2.22. The Bertz CT molecular complexity index is 309. The molecular weight excluding hydrogens is 166 g/mol. The van der Waals surface area contributed by atoms with E-state index in [1.807, 2.05) is 19.3 Å². The van der Waals surface area contributed by atoms with Gasteiger partial charge in [-0.2, -0.15) is 5.10 Å². The van der Waals surface area contributed by atoms with Crippen molar-refractivity contribution in [3.63, 3.8) is 0 Å². The molecule has 13 heavy (non-hydrogen) atoms. The predicted molar refractivity (Wildman–Crippen MR) is 50.2 cm³/mol. The van der Waals surface area contributed by atoms with Gasteiger partial charge >= 0.3 is 0 Å². The van der Waals surface area contributed by atoms with Gasteiger partial charge < -0.3 is 5.73 Å². The van der Waals surface area contributed by atoms with E-state index in [9.17, 15) is 4.79 Å². The Morgan fingerprint density at radius 3 is 2.69 bits per heavy atom. The zero-order valence-electron chi connectivity index (χ0n) is 8.24. The Hall–Kier alpha value is -1.16. The summed E-state index contributed by atoms with van der Waals surface area (Å²) < 4.78 is 1.67. The lowest BCUT2D eigenvalue weighted by Crippen LogP contribution is -2.42. The molecule has 4 heteroatoms. The number of ketones is 1. The number of hydrogen-bond donors (Lipinski definition) is 1. The van der Waals surface area contributed by atoms with Gasteiger partial charge in [0.05, 0.1) is 17.7 Å². The van der Waals surface area contributed by atoms with Gasteiger partial charge in [0.2, 0.25) is 0 Å². The summed E-state index contributed by atoms with van der Waals surface area (Å²) in [4.78, 5) is 11.5. The van der Waals surface area contributed by atoms with Gasteiger partial charge in [0, 0.05) is 13.2 Å². The number of Topliss-reactive ketones (excluding diaryl/α,β-unsaturated/α-hetero) is 1. The first-order valence-corrected chi connectivity index (χ1v) is 4.20. The van der Waals surface area contributed by atoms with Crippen LogP contribution in [0.25, 0.3) is 0 Å². The van der Waals surface area contributed by atoms with Crippen molar-refractivity contribution in [2.75, 3.05) is 0 Å². The lowest BCUT2D eigenvalue weighted by atomic mass is 9.97. The largest absolute Gasteiger partial charge is 0.319 e. The van der Waals surface area contributed by atoms with Crippen molar-refractivity contribution in [2.45, 2.75) is 25.8 Å². The Balaban J connectivity index is 2.65. The minimum atomic E-state index is -0.766. The fraction of sp³-hybridized carbons (Fsp3) is 0.556. The summed E-state index contributed by atoms with van der Waals surface area (Å²) in [6.07, 6.45) is 2.12. The third-order valence-corrected chi connectivity index (χ3v) is 1.83. The van der Waals surface area contributed by atoms with E-state index in [2.05, 4.69) is 5.10 Å². The molecule has 0 unspecified atom stereocenters. The van der Waals surface area contributed by atoms with Crippen molar-refractivity contribution in [3.8, 4) is 0 Å². The monoisotopic (exact) mass is 181 g/mol. The molecule has 0 saturated heterocycles. The molecule has 0 atom stereocenters. The molecule has 1 heterocycles. The minimum absolute atomic E-state index is 0.00574. The lowest BCUT2D eigenvalue weighted by Gasteiger charge is -2.15. The van der Waals surface area contributed by atoms with Gasteiger partial charge in [-0.05, 0) is 19.9 Å². The Morgan fingerprint density at radius 1 is 1.69 bits per heavy atom. The summed E-state index contributed by atoms with van der Waals surface area (Å²) in [6.45, 7) is 3.41. The van der Waals surface area contributed by atoms with Gasteiger partial charge in [0.15, 0.2) is 5.78 Å². The maximum Gasteiger partial charge on any atom is 0.158 e. The molecule has 0 amide bonds. The normalized spacial score (nSPS) is 11.7. The second-order valence-corrected chi connectivity index (χ2v) is 3.80. The molecule has 0 bridgehead atoms. The molecule has 0 aliphatic heterocycles. The maximum absolute atomic E-state index is 11.5. The van der Waals surface area contributed by atoms with Gasteiger partial charge in [-0.25, -0.2) is 0 Å². The van der Waals surface area contributed by atoms with Crippen molar-refractivity contribution in [1.82, 2.24) is 9.78 Å². The molecule has 0 saturated carbocycles. The average Bonchev–Trinajstić information content (AvgIpc) is 2.33. The molecule has 1 rings (SSSR count). The van der Waals surface area contributed by atoms with Gasteiger partial charge in [-0.3, -0.25) is 9.48 Å². The number of aryl methyl sites for hydroxylation is 1. The molecule has 0 spiro atoms. The van der Waals surface area contributed by atoms with E-state index in [4.69, 9.17) is 5.73 Å². The molecule has 0 aliphatic carbocycles. The number of carbonyl (C=O) groups is 1. The van der Waals surface area contributed by atoms with Crippen LogP contribution in [0.3, 0.4) is 0 Å². The molecule has 1 aromatic rings. The van der Waals surface area contributed by atoms with Crippen LogP contribution < -0.4 is 5.73 Å². The van der Waals surface area contributed by atoms with E-state index in [1.54, 1.807) is 18.5 Å². The van der Waals surface area contributed by atoms with Crippen molar-refractivity contribution < 1.29 is 4.79 Å². The topological polar surface area (TPSA) is 60.9 Å². The third-order valence-electron chi connectivity index (χ3n) is 1.83.